The summed E-state index contributed by atoms with van der Waals surface area (Å²) in [6.45, 7) is 1.54. The van der Waals surface area contributed by atoms with E-state index in [1.165, 1.54) is 18.5 Å². The molecule has 0 aromatic heterocycles. The van der Waals surface area contributed by atoms with Crippen LogP contribution in [0.25, 0.3) is 0 Å². The number of rotatable bonds is 7. The molecule has 6 heteroatoms. The molecule has 0 aliphatic rings. The third-order valence-corrected chi connectivity index (χ3v) is 2.09. The van der Waals surface area contributed by atoms with Crippen LogP contribution in [0, 0.1) is 0 Å². The van der Waals surface area contributed by atoms with Crippen molar-refractivity contribution in [2.75, 3.05) is 40.5 Å². The van der Waals surface area contributed by atoms with Crippen molar-refractivity contribution in [3.63, 3.8) is 0 Å². The molecule has 0 saturated heterocycles. The molecule has 0 spiro atoms. The van der Waals surface area contributed by atoms with Crippen molar-refractivity contribution < 1.29 is 18.2 Å². The number of hydrogen-bond donors (Lipinski definition) is 0. The van der Waals surface area contributed by atoms with Crippen LogP contribution in [0.3, 0.4) is 0 Å². The molecule has 74 valence electrons. The fourth-order valence-electron chi connectivity index (χ4n) is 0.647. The van der Waals surface area contributed by atoms with Crippen LogP contribution < -0.4 is 0 Å². The monoisotopic (exact) mass is 196 g/mol. The van der Waals surface area contributed by atoms with Gasteiger partial charge < -0.3 is 14.0 Å². The summed E-state index contributed by atoms with van der Waals surface area (Å²) in [6.07, 6.45) is 0. The van der Waals surface area contributed by atoms with Crippen LogP contribution >= 0.6 is 0 Å². The lowest BCUT2D eigenvalue weighted by Gasteiger charge is -2.22. The minimum atomic E-state index is -2.18. The number of hydrogen-bond acceptors (Lipinski definition) is 4. The Morgan fingerprint density at radius 3 is 1.92 bits per heavy atom. The van der Waals surface area contributed by atoms with Gasteiger partial charge in [-0.3, -0.25) is 4.21 Å². The van der Waals surface area contributed by atoms with Crippen molar-refractivity contribution in [2.24, 2.45) is 0 Å². The zero-order chi connectivity index (χ0) is 9.40. The van der Waals surface area contributed by atoms with E-state index in [4.69, 9.17) is 9.47 Å². The van der Waals surface area contributed by atoms with Gasteiger partial charge in [0.05, 0.1) is 13.2 Å². The molecular weight excluding hydrogens is 182 g/mol. The van der Waals surface area contributed by atoms with E-state index in [1.54, 1.807) is 0 Å². The zero-order valence-corrected chi connectivity index (χ0v) is 8.13. The molecule has 5 nitrogen and oxygen atoms in total. The van der Waals surface area contributed by atoms with Crippen LogP contribution in [-0.2, 0) is 20.7 Å². The number of methoxy groups -OCH3 is 2. The maximum absolute atomic E-state index is 10.5. The predicted octanol–water partition coefficient (Wildman–Crippen LogP) is -0.625. The Balaban J connectivity index is 3.62. The molecule has 0 aromatic rings. The van der Waals surface area contributed by atoms with E-state index in [9.17, 15) is 8.76 Å². The molecule has 0 heterocycles. The van der Waals surface area contributed by atoms with E-state index in [0.717, 1.165) is 0 Å². The first-order valence-corrected chi connectivity index (χ1v) is 4.57. The lowest BCUT2D eigenvalue weighted by atomic mass is 10.6. The maximum atomic E-state index is 10.5. The summed E-state index contributed by atoms with van der Waals surface area (Å²) in [5, 5.41) is 0. The topological polar surface area (TPSA) is 61.8 Å². The second kappa shape index (κ2) is 7.63. The third-order valence-electron chi connectivity index (χ3n) is 1.30. The molecule has 12 heavy (non-hydrogen) atoms. The van der Waals surface area contributed by atoms with Gasteiger partial charge in [0.15, 0.2) is 0 Å². The summed E-state index contributed by atoms with van der Waals surface area (Å²) >= 11 is -2.18. The summed E-state index contributed by atoms with van der Waals surface area (Å²) in [5.41, 5.74) is 0. The summed E-state index contributed by atoms with van der Waals surface area (Å²) in [4.78, 5) is 0. The smallest absolute Gasteiger partial charge is 0.0599 e. The molecule has 0 fully saturated rings. The van der Waals surface area contributed by atoms with Crippen molar-refractivity contribution in [2.45, 2.75) is 0 Å². The van der Waals surface area contributed by atoms with Gasteiger partial charge in [0.2, 0.25) is 0 Å². The van der Waals surface area contributed by atoms with E-state index in [2.05, 4.69) is 0 Å². The van der Waals surface area contributed by atoms with Gasteiger partial charge in [-0.25, -0.2) is 4.31 Å². The van der Waals surface area contributed by atoms with E-state index in [-0.39, 0.29) is 0 Å². The maximum Gasteiger partial charge on any atom is 0.0599 e. The first-order chi connectivity index (χ1) is 5.72. The van der Waals surface area contributed by atoms with Gasteiger partial charge in [0.1, 0.15) is 0 Å². The highest BCUT2D eigenvalue weighted by atomic mass is 32.2. The fraction of sp³-hybridized carbons (Fsp3) is 1.00. The predicted molar refractivity (Wildman–Crippen MR) is 44.2 cm³/mol. The van der Waals surface area contributed by atoms with Crippen molar-refractivity contribution in [1.82, 2.24) is 4.31 Å². The molecule has 0 aliphatic heterocycles. The van der Waals surface area contributed by atoms with Gasteiger partial charge in [0, 0.05) is 38.6 Å². The highest BCUT2D eigenvalue weighted by molar-refractivity contribution is 7.76. The van der Waals surface area contributed by atoms with Crippen molar-refractivity contribution >= 4 is 11.3 Å². The minimum Gasteiger partial charge on any atom is -0.760 e. The van der Waals surface area contributed by atoms with Gasteiger partial charge in [-0.15, -0.1) is 0 Å². The highest BCUT2D eigenvalue weighted by Gasteiger charge is 2.03. The van der Waals surface area contributed by atoms with Gasteiger partial charge in [-0.2, -0.15) is 0 Å². The molecule has 0 radical (unpaired) electrons. The van der Waals surface area contributed by atoms with Crippen molar-refractivity contribution in [3.05, 3.63) is 0 Å². The largest absolute Gasteiger partial charge is 0.760 e. The normalized spacial score (nSPS) is 13.7. The Morgan fingerprint density at radius 1 is 1.25 bits per heavy atom. The van der Waals surface area contributed by atoms with Crippen LogP contribution in [0.2, 0.25) is 0 Å². The lowest BCUT2D eigenvalue weighted by Crippen LogP contribution is -2.32. The second-order valence-corrected chi connectivity index (χ2v) is 3.08. The first kappa shape index (κ1) is 12.0. The first-order valence-electron chi connectivity index (χ1n) is 3.54. The molecule has 0 saturated carbocycles. The van der Waals surface area contributed by atoms with Gasteiger partial charge in [-0.1, -0.05) is 0 Å². The molecule has 0 N–H and O–H groups in total. The standard InChI is InChI=1S/C6H15NO4S/c1-10-5-3-7(12(8)9)4-6-11-2/h3-6H2,1-2H3,(H,8,9)/p-1. The SMILES string of the molecule is COCCN(CCOC)S(=O)[O-]. The minimum absolute atomic E-state index is 0.371. The Morgan fingerprint density at radius 2 is 1.67 bits per heavy atom. The van der Waals surface area contributed by atoms with Crippen LogP contribution in [-0.4, -0.2) is 53.6 Å². The summed E-state index contributed by atoms with van der Waals surface area (Å²) < 4.78 is 31.8. The van der Waals surface area contributed by atoms with Gasteiger partial charge in [-0.05, 0) is 0 Å². The van der Waals surface area contributed by atoms with Gasteiger partial charge >= 0.3 is 0 Å². The fourth-order valence-corrected chi connectivity index (χ4v) is 1.09. The van der Waals surface area contributed by atoms with Crippen molar-refractivity contribution in [1.29, 1.82) is 0 Å². The lowest BCUT2D eigenvalue weighted by molar-refractivity contribution is 0.149. The van der Waals surface area contributed by atoms with E-state index in [1.807, 2.05) is 0 Å². The summed E-state index contributed by atoms with van der Waals surface area (Å²) in [7, 11) is 3.06. The molecule has 0 aliphatic carbocycles. The molecule has 1 atom stereocenters. The average Bonchev–Trinajstić information content (AvgIpc) is 2.04. The van der Waals surface area contributed by atoms with Gasteiger partial charge in [0.25, 0.3) is 0 Å². The molecule has 0 aromatic carbocycles. The molecule has 0 rings (SSSR count). The molecule has 0 bridgehead atoms. The quantitative estimate of drug-likeness (QED) is 0.509. The van der Waals surface area contributed by atoms with E-state index < -0.39 is 11.3 Å². The highest BCUT2D eigenvalue weighted by Crippen LogP contribution is 1.91. The summed E-state index contributed by atoms with van der Waals surface area (Å²) in [5.74, 6) is 0. The van der Waals surface area contributed by atoms with Crippen LogP contribution in [0.15, 0.2) is 0 Å². The molecule has 0 amide bonds. The van der Waals surface area contributed by atoms with Crippen LogP contribution in [0.4, 0.5) is 0 Å². The second-order valence-electron chi connectivity index (χ2n) is 2.13. The molecular formula is C6H14NO4S-. The van der Waals surface area contributed by atoms with Crippen molar-refractivity contribution in [3.8, 4) is 0 Å². The molecule has 1 unspecified atom stereocenters. The Kier molecular flexibility index (Phi) is 7.62. The summed E-state index contributed by atoms with van der Waals surface area (Å²) in [6, 6.07) is 0. The van der Waals surface area contributed by atoms with E-state index in [0.29, 0.717) is 26.3 Å². The zero-order valence-electron chi connectivity index (χ0n) is 7.32. The Labute approximate surface area is 75.1 Å². The third kappa shape index (κ3) is 5.62. The number of ether oxygens (including phenoxy) is 2. The number of nitrogens with zero attached hydrogens (tertiary/aromatic N) is 1. The van der Waals surface area contributed by atoms with Crippen LogP contribution in [0.1, 0.15) is 0 Å². The average molecular weight is 196 g/mol. The Hall–Kier alpha value is -0.0100. The van der Waals surface area contributed by atoms with E-state index >= 15 is 0 Å². The Bertz CT molecular complexity index is 125. The van der Waals surface area contributed by atoms with Crippen LogP contribution in [0.5, 0.6) is 0 Å².